The highest BCUT2D eigenvalue weighted by Crippen LogP contribution is 2.48. The Balaban J connectivity index is 1.50. The van der Waals surface area contributed by atoms with Gasteiger partial charge in [0.15, 0.2) is 17.8 Å². The summed E-state index contributed by atoms with van der Waals surface area (Å²) in [6.07, 6.45) is -6.40. The molecule has 0 spiro atoms. The van der Waals surface area contributed by atoms with Gasteiger partial charge in [0.1, 0.15) is 30.5 Å². The number of benzene rings is 1. The van der Waals surface area contributed by atoms with Crippen molar-refractivity contribution in [3.05, 3.63) is 36.1 Å². The van der Waals surface area contributed by atoms with Crippen LogP contribution in [0.15, 0.2) is 30.5 Å². The molecule has 12 heteroatoms. The molecule has 0 bridgehead atoms. The van der Waals surface area contributed by atoms with Gasteiger partial charge in [-0.25, -0.2) is 4.79 Å². The minimum absolute atomic E-state index is 0.0472. The number of rotatable bonds is 6. The highest BCUT2D eigenvalue weighted by molar-refractivity contribution is 5.90. The Labute approximate surface area is 200 Å². The van der Waals surface area contributed by atoms with E-state index in [1.807, 2.05) is 0 Å². The van der Waals surface area contributed by atoms with Crippen LogP contribution in [0.25, 0.3) is 0 Å². The first-order chi connectivity index (χ1) is 16.6. The van der Waals surface area contributed by atoms with Crippen molar-refractivity contribution in [1.82, 2.24) is 0 Å². The van der Waals surface area contributed by atoms with E-state index in [0.717, 1.165) is 0 Å². The van der Waals surface area contributed by atoms with Crippen molar-refractivity contribution in [1.29, 1.82) is 0 Å². The summed E-state index contributed by atoms with van der Waals surface area (Å²) in [5, 5.41) is 60.6. The highest BCUT2D eigenvalue weighted by atomic mass is 16.8. The molecule has 2 heterocycles. The van der Waals surface area contributed by atoms with Crippen molar-refractivity contribution >= 4 is 5.97 Å². The second kappa shape index (κ2) is 9.90. The number of aliphatic hydroxyl groups is 5. The molecule has 10 atom stereocenters. The van der Waals surface area contributed by atoms with Gasteiger partial charge in [0, 0.05) is 12.3 Å². The van der Waals surface area contributed by atoms with Crippen LogP contribution < -0.4 is 4.74 Å². The van der Waals surface area contributed by atoms with Gasteiger partial charge in [0.2, 0.25) is 6.29 Å². The van der Waals surface area contributed by atoms with Crippen LogP contribution in [-0.4, -0.2) is 99.0 Å². The highest BCUT2D eigenvalue weighted by Gasteiger charge is 2.58. The molecule has 0 aromatic heterocycles. The molecule has 2 fully saturated rings. The monoisotopic (exact) mass is 498 g/mol. The number of phenolic OH excluding ortho intramolecular Hbond substituents is 1. The van der Waals surface area contributed by atoms with Crippen molar-refractivity contribution in [2.45, 2.75) is 62.0 Å². The van der Waals surface area contributed by atoms with Crippen molar-refractivity contribution < 1.29 is 59.1 Å². The van der Waals surface area contributed by atoms with Crippen molar-refractivity contribution in [3.63, 3.8) is 0 Å². The van der Waals surface area contributed by atoms with Gasteiger partial charge in [-0.05, 0) is 31.2 Å². The lowest BCUT2D eigenvalue weighted by Crippen LogP contribution is -2.60. The molecule has 194 valence electrons. The number of aliphatic hydroxyl groups excluding tert-OH is 4. The zero-order valence-electron chi connectivity index (χ0n) is 19.1. The number of carbonyl (C=O) groups excluding carboxylic acids is 1. The lowest BCUT2D eigenvalue weighted by Gasteiger charge is -2.43. The van der Waals surface area contributed by atoms with E-state index in [4.69, 9.17) is 23.7 Å². The quantitative estimate of drug-likeness (QED) is 0.263. The maximum absolute atomic E-state index is 12.8. The zero-order valence-corrected chi connectivity index (χ0v) is 19.1. The van der Waals surface area contributed by atoms with Crippen LogP contribution in [0.5, 0.6) is 11.5 Å². The number of ether oxygens (including phenoxy) is 5. The standard InChI is InChI=1S/C23H30O12/c1-23(30)8-14(33-20(29)10-3-4-12(25)13(7-10)31-2)11-5-6-32-21(16(11)23)35-22-19(28)18(27)17(26)15(9-24)34-22/h3-7,11,14-19,21-22,24-28,30H,8-9H2,1-2H3/t11-,14-,15-,16-,17+,18-,19-,21+,22+,23-/m1/s1. The molecule has 1 aromatic rings. The molecule has 0 radical (unpaired) electrons. The molecule has 1 aromatic carbocycles. The molecule has 4 rings (SSSR count). The van der Waals surface area contributed by atoms with Crippen molar-refractivity contribution in [2.75, 3.05) is 13.7 Å². The van der Waals surface area contributed by atoms with E-state index < -0.39 is 73.1 Å². The fraction of sp³-hybridized carbons (Fsp3) is 0.609. The molecule has 35 heavy (non-hydrogen) atoms. The maximum Gasteiger partial charge on any atom is 0.338 e. The second-order valence-electron chi connectivity index (χ2n) is 9.16. The van der Waals surface area contributed by atoms with Gasteiger partial charge in [-0.15, -0.1) is 0 Å². The number of esters is 1. The number of aromatic hydroxyl groups is 1. The summed E-state index contributed by atoms with van der Waals surface area (Å²) in [5.41, 5.74) is -1.28. The van der Waals surface area contributed by atoms with E-state index in [1.54, 1.807) is 6.08 Å². The van der Waals surface area contributed by atoms with E-state index in [2.05, 4.69) is 0 Å². The third kappa shape index (κ3) is 4.83. The number of methoxy groups -OCH3 is 1. The van der Waals surface area contributed by atoms with Gasteiger partial charge in [0.25, 0.3) is 0 Å². The summed E-state index contributed by atoms with van der Waals surface area (Å²) >= 11 is 0. The summed E-state index contributed by atoms with van der Waals surface area (Å²) in [5.74, 6) is -2.00. The van der Waals surface area contributed by atoms with Crippen LogP contribution >= 0.6 is 0 Å². The third-order valence-electron chi connectivity index (χ3n) is 6.77. The number of fused-ring (bicyclic) bond motifs is 1. The van der Waals surface area contributed by atoms with Crippen LogP contribution in [0.4, 0.5) is 0 Å². The predicted molar refractivity (Wildman–Crippen MR) is 115 cm³/mol. The summed E-state index contributed by atoms with van der Waals surface area (Å²) in [6, 6.07) is 4.03. The number of hydrogen-bond acceptors (Lipinski definition) is 12. The average Bonchev–Trinajstić information content (AvgIpc) is 3.09. The van der Waals surface area contributed by atoms with E-state index in [-0.39, 0.29) is 23.5 Å². The van der Waals surface area contributed by atoms with Crippen LogP contribution in [0.2, 0.25) is 0 Å². The van der Waals surface area contributed by atoms with Crippen LogP contribution in [0, 0.1) is 11.8 Å². The molecule has 0 amide bonds. The Kier molecular flexibility index (Phi) is 7.25. The number of phenols is 1. The molecular weight excluding hydrogens is 468 g/mol. The van der Waals surface area contributed by atoms with Crippen LogP contribution in [0.3, 0.4) is 0 Å². The Morgan fingerprint density at radius 2 is 1.91 bits per heavy atom. The van der Waals surface area contributed by atoms with Crippen LogP contribution in [-0.2, 0) is 18.9 Å². The van der Waals surface area contributed by atoms with Gasteiger partial charge in [0.05, 0.1) is 37.1 Å². The van der Waals surface area contributed by atoms with Gasteiger partial charge in [-0.3, -0.25) is 0 Å². The molecule has 2 aliphatic heterocycles. The zero-order chi connectivity index (χ0) is 25.5. The van der Waals surface area contributed by atoms with E-state index in [0.29, 0.717) is 0 Å². The topological polar surface area (TPSA) is 185 Å². The van der Waals surface area contributed by atoms with E-state index >= 15 is 0 Å². The van der Waals surface area contributed by atoms with Gasteiger partial charge in [-0.1, -0.05) is 0 Å². The minimum atomic E-state index is -1.65. The molecular formula is C23H30O12. The van der Waals surface area contributed by atoms with Gasteiger partial charge >= 0.3 is 5.97 Å². The Bertz CT molecular complexity index is 946. The number of carbonyl (C=O) groups is 1. The summed E-state index contributed by atoms with van der Waals surface area (Å²) in [6.45, 7) is 0.911. The maximum atomic E-state index is 12.8. The summed E-state index contributed by atoms with van der Waals surface area (Å²) in [7, 11) is 1.35. The largest absolute Gasteiger partial charge is 0.504 e. The fourth-order valence-corrected chi connectivity index (χ4v) is 4.90. The second-order valence-corrected chi connectivity index (χ2v) is 9.16. The lowest BCUT2D eigenvalue weighted by atomic mass is 9.85. The normalized spacial score (nSPS) is 40.6. The molecule has 1 saturated heterocycles. The van der Waals surface area contributed by atoms with E-state index in [9.17, 15) is 35.4 Å². The smallest absolute Gasteiger partial charge is 0.338 e. The Morgan fingerprint density at radius 1 is 1.17 bits per heavy atom. The Hall–Kier alpha value is -2.45. The van der Waals surface area contributed by atoms with Crippen molar-refractivity contribution in [3.8, 4) is 11.5 Å². The van der Waals surface area contributed by atoms with Gasteiger partial charge < -0.3 is 54.3 Å². The third-order valence-corrected chi connectivity index (χ3v) is 6.77. The summed E-state index contributed by atoms with van der Waals surface area (Å²) < 4.78 is 27.4. The van der Waals surface area contributed by atoms with Gasteiger partial charge in [-0.2, -0.15) is 0 Å². The summed E-state index contributed by atoms with van der Waals surface area (Å²) in [4.78, 5) is 12.8. The molecule has 12 nitrogen and oxygen atoms in total. The van der Waals surface area contributed by atoms with E-state index in [1.165, 1.54) is 38.5 Å². The first kappa shape index (κ1) is 25.6. The Morgan fingerprint density at radius 3 is 2.60 bits per heavy atom. The van der Waals surface area contributed by atoms with Crippen molar-refractivity contribution in [2.24, 2.45) is 11.8 Å². The molecule has 3 aliphatic rings. The molecule has 6 N–H and O–H groups in total. The minimum Gasteiger partial charge on any atom is -0.504 e. The van der Waals surface area contributed by atoms with Crippen LogP contribution in [0.1, 0.15) is 23.7 Å². The molecule has 1 saturated carbocycles. The number of hydrogen-bond donors (Lipinski definition) is 6. The average molecular weight is 498 g/mol. The molecule has 1 aliphatic carbocycles. The fourth-order valence-electron chi connectivity index (χ4n) is 4.90. The first-order valence-corrected chi connectivity index (χ1v) is 11.2. The first-order valence-electron chi connectivity index (χ1n) is 11.2. The SMILES string of the molecule is COc1cc(C(=O)O[C@@H]2C[C@@](C)(O)[C@H]3[C@H](O[C@@H]4O[C@H](CO)[C@H](O)[C@@H](O)[C@H]4O)OC=C[C@@H]32)ccc1O. The molecule has 0 unspecified atom stereocenters. The lowest BCUT2D eigenvalue weighted by molar-refractivity contribution is -0.346. The predicted octanol–water partition coefficient (Wildman–Crippen LogP) is -1.00.